The number of aliphatic hydroxyl groups excluding tert-OH is 1. The highest BCUT2D eigenvalue weighted by Crippen LogP contribution is 2.72. The molecule has 8 heteroatoms. The van der Waals surface area contributed by atoms with Gasteiger partial charge in [0.1, 0.15) is 12.6 Å². The van der Waals surface area contributed by atoms with Gasteiger partial charge in [0, 0.05) is 17.3 Å². The predicted molar refractivity (Wildman–Crippen MR) is 146 cm³/mol. The van der Waals surface area contributed by atoms with E-state index in [9.17, 15) is 19.5 Å². The maximum Gasteiger partial charge on any atom is 0.311 e. The molecule has 4 rings (SSSR count). The zero-order valence-corrected chi connectivity index (χ0v) is 23.5. The van der Waals surface area contributed by atoms with E-state index >= 15 is 0 Å². The maximum absolute atomic E-state index is 14.6. The fraction of sp³-hybridized carbons (Fsp3) is 0.759. The van der Waals surface area contributed by atoms with Gasteiger partial charge in [-0.05, 0) is 44.9 Å². The zero-order valence-electron chi connectivity index (χ0n) is 22.7. The van der Waals surface area contributed by atoms with Gasteiger partial charge in [0.05, 0.1) is 29.2 Å². The van der Waals surface area contributed by atoms with Gasteiger partial charge in [-0.2, -0.15) is 0 Å². The summed E-state index contributed by atoms with van der Waals surface area (Å²) >= 11 is 1.65. The van der Waals surface area contributed by atoms with E-state index in [0.717, 1.165) is 32.1 Å². The lowest BCUT2D eigenvalue weighted by Gasteiger charge is -2.42. The van der Waals surface area contributed by atoms with Crippen molar-refractivity contribution in [3.63, 3.8) is 0 Å². The third-order valence-electron chi connectivity index (χ3n) is 9.02. The normalized spacial score (nSPS) is 33.9. The Hall–Kier alpha value is -1.80. The van der Waals surface area contributed by atoms with Crippen molar-refractivity contribution in [2.75, 3.05) is 19.8 Å². The first-order valence-corrected chi connectivity index (χ1v) is 14.8. The molecule has 0 aromatic carbocycles. The molecule has 2 amide bonds. The van der Waals surface area contributed by atoms with Crippen molar-refractivity contribution in [2.45, 2.75) is 99.8 Å². The third-order valence-corrected chi connectivity index (χ3v) is 11.0. The molecule has 0 aromatic rings. The Balaban J connectivity index is 1.79. The van der Waals surface area contributed by atoms with Crippen LogP contribution in [0.3, 0.4) is 0 Å². The predicted octanol–water partition coefficient (Wildman–Crippen LogP) is 3.95. The number of hydrogen-bond donors (Lipinski definition) is 1. The Morgan fingerprint density at radius 1 is 1.22 bits per heavy atom. The summed E-state index contributed by atoms with van der Waals surface area (Å²) in [6.07, 6.45) is 10.6. The van der Waals surface area contributed by atoms with E-state index in [1.54, 1.807) is 22.7 Å². The summed E-state index contributed by atoms with van der Waals surface area (Å²) in [5.41, 5.74) is 0. The minimum absolute atomic E-state index is 0.0540. The van der Waals surface area contributed by atoms with Gasteiger partial charge < -0.3 is 19.6 Å². The smallest absolute Gasteiger partial charge is 0.311 e. The average Bonchev–Trinajstić information content (AvgIpc) is 3.45. The molecule has 1 aliphatic carbocycles. The third kappa shape index (κ3) is 4.77. The van der Waals surface area contributed by atoms with Crippen LogP contribution in [-0.2, 0) is 19.1 Å². The Labute approximate surface area is 226 Å². The first-order chi connectivity index (χ1) is 17.6. The molecule has 3 heterocycles. The van der Waals surface area contributed by atoms with Gasteiger partial charge in [0.15, 0.2) is 0 Å². The lowest BCUT2D eigenvalue weighted by Crippen LogP contribution is -2.59. The van der Waals surface area contributed by atoms with E-state index in [4.69, 9.17) is 4.74 Å². The van der Waals surface area contributed by atoms with Crippen molar-refractivity contribution in [1.82, 2.24) is 9.80 Å². The molecule has 206 valence electrons. The van der Waals surface area contributed by atoms with Crippen LogP contribution >= 0.6 is 11.8 Å². The molecular formula is C29H44N2O5S. The van der Waals surface area contributed by atoms with Crippen molar-refractivity contribution in [3.05, 3.63) is 25.3 Å². The number of rotatable bonds is 11. The molecule has 1 saturated carbocycles. The van der Waals surface area contributed by atoms with Crippen molar-refractivity contribution < 1.29 is 24.2 Å². The maximum atomic E-state index is 14.6. The second kappa shape index (κ2) is 11.1. The van der Waals surface area contributed by atoms with Gasteiger partial charge in [0.25, 0.3) is 0 Å². The first-order valence-electron chi connectivity index (χ1n) is 14.0. The summed E-state index contributed by atoms with van der Waals surface area (Å²) in [6, 6.07) is -1.07. The van der Waals surface area contributed by atoms with Crippen LogP contribution in [0, 0.1) is 17.8 Å². The van der Waals surface area contributed by atoms with Crippen LogP contribution in [0.2, 0.25) is 0 Å². The lowest BCUT2D eigenvalue weighted by atomic mass is 9.66. The van der Waals surface area contributed by atoms with Crippen molar-refractivity contribution >= 4 is 29.5 Å². The van der Waals surface area contributed by atoms with E-state index in [2.05, 4.69) is 27.0 Å². The SMILES string of the molecule is C=CCOC(=O)[C@@H]1[C@H]2C(=O)N([C@@H](CO)CC(C)C)C(C(=O)N(CC=C)C3CCCCC3)C23CC[C@@]1(C)S3. The Bertz CT molecular complexity index is 918. The highest BCUT2D eigenvalue weighted by Gasteiger charge is 2.78. The standard InChI is InChI=1S/C29H44N2O5S/c1-6-15-30(20-11-9-8-10-12-20)26(34)24-29-14-13-28(5,37-29)23(27(35)36-16-7-2)22(29)25(33)31(24)21(18-32)17-19(3)4/h6-7,19-24,32H,1-2,8-18H2,3-5H3/t21-,22+,23+,24?,28-,29?/m1/s1. The number of aliphatic hydroxyl groups is 1. The van der Waals surface area contributed by atoms with Crippen LogP contribution in [0.25, 0.3) is 0 Å². The van der Waals surface area contributed by atoms with Crippen LogP contribution in [-0.4, -0.2) is 80.1 Å². The number of likely N-dealkylation sites (tertiary alicyclic amines) is 1. The molecule has 2 unspecified atom stereocenters. The highest BCUT2D eigenvalue weighted by molar-refractivity contribution is 8.02. The van der Waals surface area contributed by atoms with Gasteiger partial charge in [-0.15, -0.1) is 18.3 Å². The second-order valence-corrected chi connectivity index (χ2v) is 13.8. The van der Waals surface area contributed by atoms with Gasteiger partial charge >= 0.3 is 5.97 Å². The molecule has 0 aromatic heterocycles. The number of carbonyl (C=O) groups is 3. The fourth-order valence-electron chi connectivity index (χ4n) is 7.55. The van der Waals surface area contributed by atoms with E-state index in [0.29, 0.717) is 19.4 Å². The fourth-order valence-corrected chi connectivity index (χ4v) is 9.88. The molecule has 1 spiro atoms. The van der Waals surface area contributed by atoms with E-state index in [-0.39, 0.29) is 43.0 Å². The molecular weight excluding hydrogens is 488 g/mol. The van der Waals surface area contributed by atoms with Crippen LogP contribution < -0.4 is 0 Å². The van der Waals surface area contributed by atoms with Crippen LogP contribution in [0.1, 0.15) is 72.1 Å². The van der Waals surface area contributed by atoms with E-state index < -0.39 is 33.4 Å². The Morgan fingerprint density at radius 2 is 1.92 bits per heavy atom. The molecule has 3 saturated heterocycles. The van der Waals surface area contributed by atoms with Crippen LogP contribution in [0.5, 0.6) is 0 Å². The number of fused-ring (bicyclic) bond motifs is 1. The molecule has 7 nitrogen and oxygen atoms in total. The number of thioether (sulfide) groups is 1. The molecule has 4 fully saturated rings. The molecule has 4 aliphatic rings. The Kier molecular flexibility index (Phi) is 8.49. The average molecular weight is 533 g/mol. The van der Waals surface area contributed by atoms with Crippen LogP contribution in [0.15, 0.2) is 25.3 Å². The number of ether oxygens (including phenoxy) is 1. The molecule has 0 radical (unpaired) electrons. The highest BCUT2D eigenvalue weighted by atomic mass is 32.2. The summed E-state index contributed by atoms with van der Waals surface area (Å²) < 4.78 is 4.33. The van der Waals surface area contributed by atoms with E-state index in [1.807, 2.05) is 11.8 Å². The molecule has 37 heavy (non-hydrogen) atoms. The van der Waals surface area contributed by atoms with Crippen molar-refractivity contribution in [1.29, 1.82) is 0 Å². The van der Waals surface area contributed by atoms with Gasteiger partial charge in [0.2, 0.25) is 11.8 Å². The number of esters is 1. The quantitative estimate of drug-likeness (QED) is 0.320. The first kappa shape index (κ1) is 28.2. The van der Waals surface area contributed by atoms with Gasteiger partial charge in [-0.3, -0.25) is 14.4 Å². The van der Waals surface area contributed by atoms with E-state index in [1.165, 1.54) is 12.5 Å². The van der Waals surface area contributed by atoms with Crippen LogP contribution in [0.4, 0.5) is 0 Å². The number of amides is 2. The van der Waals surface area contributed by atoms with Gasteiger partial charge in [-0.25, -0.2) is 0 Å². The summed E-state index contributed by atoms with van der Waals surface area (Å²) in [5, 5.41) is 10.5. The number of carbonyl (C=O) groups excluding carboxylic acids is 3. The van der Waals surface area contributed by atoms with Crippen molar-refractivity contribution in [2.24, 2.45) is 17.8 Å². The summed E-state index contributed by atoms with van der Waals surface area (Å²) in [6.45, 7) is 14.1. The zero-order chi connectivity index (χ0) is 27.0. The minimum Gasteiger partial charge on any atom is -0.461 e. The summed E-state index contributed by atoms with van der Waals surface area (Å²) in [7, 11) is 0. The van der Waals surface area contributed by atoms with Crippen molar-refractivity contribution in [3.8, 4) is 0 Å². The molecule has 1 N–H and O–H groups in total. The second-order valence-electron chi connectivity index (χ2n) is 11.9. The van der Waals surface area contributed by atoms with Gasteiger partial charge in [-0.1, -0.05) is 51.8 Å². The minimum atomic E-state index is -0.716. The monoisotopic (exact) mass is 532 g/mol. The summed E-state index contributed by atoms with van der Waals surface area (Å²) in [4.78, 5) is 46.0. The number of nitrogens with zero attached hydrogens (tertiary/aromatic N) is 2. The summed E-state index contributed by atoms with van der Waals surface area (Å²) in [5.74, 6) is -1.65. The lowest BCUT2D eigenvalue weighted by molar-refractivity contribution is -0.155. The number of hydrogen-bond acceptors (Lipinski definition) is 6. The Morgan fingerprint density at radius 3 is 2.51 bits per heavy atom. The largest absolute Gasteiger partial charge is 0.461 e. The molecule has 2 bridgehead atoms. The molecule has 6 atom stereocenters. The topological polar surface area (TPSA) is 87.1 Å². The molecule has 3 aliphatic heterocycles.